The van der Waals surface area contributed by atoms with Crippen molar-refractivity contribution < 1.29 is 13.2 Å². The number of nitrogens with one attached hydrogen (secondary N) is 1. The molecular weight excluding hydrogens is 251 g/mol. The molecule has 1 saturated carbocycles. The number of hydrogen-bond donors (Lipinski definition) is 1. The molecule has 4 heteroatoms. The van der Waals surface area contributed by atoms with Gasteiger partial charge in [-0.25, -0.2) is 0 Å². The first-order chi connectivity index (χ1) is 9.04. The van der Waals surface area contributed by atoms with E-state index in [4.69, 9.17) is 0 Å². The first-order valence-electron chi connectivity index (χ1n) is 6.93. The summed E-state index contributed by atoms with van der Waals surface area (Å²) in [6.07, 6.45) is -0.172. The second-order valence-electron chi connectivity index (χ2n) is 5.21. The van der Waals surface area contributed by atoms with Crippen LogP contribution in [0.5, 0.6) is 0 Å². The molecule has 1 N–H and O–H groups in total. The van der Waals surface area contributed by atoms with Crippen molar-refractivity contribution in [2.75, 3.05) is 6.54 Å². The summed E-state index contributed by atoms with van der Waals surface area (Å²) in [5, 5.41) is 3.30. The smallest absolute Gasteiger partial charge is 0.310 e. The van der Waals surface area contributed by atoms with Crippen molar-refractivity contribution in [3.8, 4) is 0 Å². The highest BCUT2D eigenvalue weighted by Gasteiger charge is 2.37. The van der Waals surface area contributed by atoms with Crippen molar-refractivity contribution in [2.24, 2.45) is 5.92 Å². The van der Waals surface area contributed by atoms with Crippen molar-refractivity contribution in [1.29, 1.82) is 0 Å². The SMILES string of the molecule is CCCNC(c1ccccc1C(F)(F)F)C1CCC1. The monoisotopic (exact) mass is 271 g/mol. The summed E-state index contributed by atoms with van der Waals surface area (Å²) in [5.41, 5.74) is -0.0800. The minimum atomic E-state index is -4.27. The van der Waals surface area contributed by atoms with Crippen molar-refractivity contribution in [3.63, 3.8) is 0 Å². The predicted molar refractivity (Wildman–Crippen MR) is 69.8 cm³/mol. The fourth-order valence-corrected chi connectivity index (χ4v) is 2.63. The lowest BCUT2D eigenvalue weighted by Gasteiger charge is -2.36. The third-order valence-corrected chi connectivity index (χ3v) is 3.84. The Hall–Kier alpha value is -1.03. The van der Waals surface area contributed by atoms with Crippen LogP contribution in [0.2, 0.25) is 0 Å². The van der Waals surface area contributed by atoms with Gasteiger partial charge in [0.25, 0.3) is 0 Å². The Balaban J connectivity index is 2.29. The average Bonchev–Trinajstić information content (AvgIpc) is 2.31. The van der Waals surface area contributed by atoms with Crippen molar-refractivity contribution in [3.05, 3.63) is 35.4 Å². The molecule has 1 aromatic carbocycles. The molecule has 1 aliphatic rings. The van der Waals surface area contributed by atoms with Gasteiger partial charge in [-0.1, -0.05) is 31.5 Å². The van der Waals surface area contributed by atoms with E-state index in [1.807, 2.05) is 6.92 Å². The molecule has 1 atom stereocenters. The van der Waals surface area contributed by atoms with E-state index in [0.29, 0.717) is 11.5 Å². The fourth-order valence-electron chi connectivity index (χ4n) is 2.63. The third kappa shape index (κ3) is 3.30. The maximum atomic E-state index is 13.1. The van der Waals surface area contributed by atoms with Crippen LogP contribution in [0.1, 0.15) is 49.8 Å². The number of hydrogen-bond acceptors (Lipinski definition) is 1. The van der Waals surface area contributed by atoms with Crippen LogP contribution >= 0.6 is 0 Å². The first kappa shape index (κ1) is 14.4. The maximum absolute atomic E-state index is 13.1. The Kier molecular flexibility index (Phi) is 4.50. The molecule has 1 nitrogen and oxygen atoms in total. The van der Waals surface area contributed by atoms with Gasteiger partial charge >= 0.3 is 6.18 Å². The summed E-state index contributed by atoms with van der Waals surface area (Å²) < 4.78 is 39.3. The van der Waals surface area contributed by atoms with Crippen LogP contribution in [0.25, 0.3) is 0 Å². The Labute approximate surface area is 112 Å². The number of rotatable bonds is 5. The van der Waals surface area contributed by atoms with E-state index in [0.717, 1.165) is 32.2 Å². The Morgan fingerprint density at radius 1 is 1.26 bits per heavy atom. The van der Waals surface area contributed by atoms with Crippen LogP contribution in [0.15, 0.2) is 24.3 Å². The summed E-state index contributed by atoms with van der Waals surface area (Å²) in [5.74, 6) is 0.343. The molecule has 0 saturated heterocycles. The van der Waals surface area contributed by atoms with Crippen molar-refractivity contribution >= 4 is 0 Å². The molecular formula is C15H20F3N. The standard InChI is InChI=1S/C15H20F3N/c1-2-10-19-14(11-6-5-7-11)12-8-3-4-9-13(12)15(16,17)18/h3-4,8-9,11,14,19H,2,5-7,10H2,1H3. The average molecular weight is 271 g/mol. The van der Waals surface area contributed by atoms with E-state index >= 15 is 0 Å². The lowest BCUT2D eigenvalue weighted by Crippen LogP contribution is -2.34. The molecule has 2 rings (SSSR count). The van der Waals surface area contributed by atoms with Gasteiger partial charge in [-0.3, -0.25) is 0 Å². The van der Waals surface area contributed by atoms with Gasteiger partial charge in [-0.15, -0.1) is 0 Å². The lowest BCUT2D eigenvalue weighted by molar-refractivity contribution is -0.138. The second-order valence-corrected chi connectivity index (χ2v) is 5.21. The van der Waals surface area contributed by atoms with Gasteiger partial charge in [0.1, 0.15) is 0 Å². The van der Waals surface area contributed by atoms with E-state index in [1.54, 1.807) is 12.1 Å². The molecule has 0 aliphatic heterocycles. The lowest BCUT2D eigenvalue weighted by atomic mass is 9.76. The third-order valence-electron chi connectivity index (χ3n) is 3.84. The van der Waals surface area contributed by atoms with Gasteiger partial charge in [-0.05, 0) is 43.4 Å². The molecule has 1 unspecified atom stereocenters. The molecule has 1 aliphatic carbocycles. The van der Waals surface area contributed by atoms with Gasteiger partial charge in [0.2, 0.25) is 0 Å². The second kappa shape index (κ2) is 5.95. The van der Waals surface area contributed by atoms with Crippen LogP contribution < -0.4 is 5.32 Å². The highest BCUT2D eigenvalue weighted by atomic mass is 19.4. The van der Waals surface area contributed by atoms with Crippen molar-refractivity contribution in [2.45, 2.75) is 44.8 Å². The molecule has 0 aromatic heterocycles. The molecule has 19 heavy (non-hydrogen) atoms. The zero-order chi connectivity index (χ0) is 13.9. The molecule has 0 heterocycles. The molecule has 1 fully saturated rings. The molecule has 0 amide bonds. The highest BCUT2D eigenvalue weighted by Crippen LogP contribution is 2.42. The van der Waals surface area contributed by atoms with Gasteiger partial charge < -0.3 is 5.32 Å². The van der Waals surface area contributed by atoms with E-state index in [9.17, 15) is 13.2 Å². The van der Waals surface area contributed by atoms with Gasteiger partial charge in [0.05, 0.1) is 5.56 Å². The maximum Gasteiger partial charge on any atom is 0.416 e. The first-order valence-corrected chi connectivity index (χ1v) is 6.93. The molecule has 0 bridgehead atoms. The summed E-state index contributed by atoms with van der Waals surface area (Å²) in [4.78, 5) is 0. The van der Waals surface area contributed by atoms with E-state index < -0.39 is 11.7 Å². The van der Waals surface area contributed by atoms with Crippen LogP contribution in [-0.2, 0) is 6.18 Å². The summed E-state index contributed by atoms with van der Waals surface area (Å²) >= 11 is 0. The highest BCUT2D eigenvalue weighted by molar-refractivity contribution is 5.33. The normalized spacial score (nSPS) is 18.1. The van der Waals surface area contributed by atoms with Gasteiger partial charge in [-0.2, -0.15) is 13.2 Å². The van der Waals surface area contributed by atoms with Gasteiger partial charge in [0, 0.05) is 6.04 Å². The van der Waals surface area contributed by atoms with E-state index in [-0.39, 0.29) is 6.04 Å². The fraction of sp³-hybridized carbons (Fsp3) is 0.600. The molecule has 106 valence electrons. The van der Waals surface area contributed by atoms with Crippen LogP contribution in [0.4, 0.5) is 13.2 Å². The predicted octanol–water partition coefficient (Wildman–Crippen LogP) is 4.55. The number of halogens is 3. The van der Waals surface area contributed by atoms with Crippen LogP contribution in [-0.4, -0.2) is 6.54 Å². The summed E-state index contributed by atoms with van der Waals surface area (Å²) in [6, 6.07) is 5.81. The Bertz CT molecular complexity index is 410. The van der Waals surface area contributed by atoms with E-state index in [1.165, 1.54) is 12.1 Å². The van der Waals surface area contributed by atoms with Gasteiger partial charge in [0.15, 0.2) is 0 Å². The zero-order valence-corrected chi connectivity index (χ0v) is 11.1. The quantitative estimate of drug-likeness (QED) is 0.828. The molecule has 0 spiro atoms. The Morgan fingerprint density at radius 3 is 2.47 bits per heavy atom. The topological polar surface area (TPSA) is 12.0 Å². The Morgan fingerprint density at radius 2 is 1.95 bits per heavy atom. The van der Waals surface area contributed by atoms with Crippen LogP contribution in [0, 0.1) is 5.92 Å². The molecule has 0 radical (unpaired) electrons. The van der Waals surface area contributed by atoms with Crippen LogP contribution in [0.3, 0.4) is 0 Å². The van der Waals surface area contributed by atoms with Crippen molar-refractivity contribution in [1.82, 2.24) is 5.32 Å². The zero-order valence-electron chi connectivity index (χ0n) is 11.1. The van der Waals surface area contributed by atoms with E-state index in [2.05, 4.69) is 5.32 Å². The number of benzene rings is 1. The molecule has 1 aromatic rings. The summed E-state index contributed by atoms with van der Waals surface area (Å²) in [7, 11) is 0. The minimum absolute atomic E-state index is 0.161. The minimum Gasteiger partial charge on any atom is -0.310 e. The largest absolute Gasteiger partial charge is 0.416 e. The number of alkyl halides is 3. The summed E-state index contributed by atoms with van der Waals surface area (Å²) in [6.45, 7) is 2.79.